The highest BCUT2D eigenvalue weighted by Crippen LogP contribution is 2.48. The quantitative estimate of drug-likeness (QED) is 0.862. The van der Waals surface area contributed by atoms with Crippen LogP contribution in [0.1, 0.15) is 38.7 Å². The molecule has 0 spiro atoms. The molecule has 0 aromatic heterocycles. The zero-order valence-electron chi connectivity index (χ0n) is 10.6. The van der Waals surface area contributed by atoms with Gasteiger partial charge < -0.3 is 5.32 Å². The summed E-state index contributed by atoms with van der Waals surface area (Å²) < 4.78 is 13.6. The predicted octanol–water partition coefficient (Wildman–Crippen LogP) is 3.97. The Hall–Kier alpha value is -0.600. The molecule has 3 heteroatoms. The van der Waals surface area contributed by atoms with Gasteiger partial charge in [-0.15, -0.1) is 0 Å². The summed E-state index contributed by atoms with van der Waals surface area (Å²) in [6, 6.07) is 4.83. The van der Waals surface area contributed by atoms with Crippen LogP contribution in [-0.4, -0.2) is 12.1 Å². The molecule has 1 aromatic rings. The molecule has 1 nitrogen and oxygen atoms in total. The Kier molecular flexibility index (Phi) is 3.46. The minimum Gasteiger partial charge on any atom is -0.312 e. The molecule has 94 valence electrons. The summed E-state index contributed by atoms with van der Waals surface area (Å²) >= 11 is 5.90. The first kappa shape index (κ1) is 12.8. The van der Waals surface area contributed by atoms with Crippen LogP contribution >= 0.6 is 11.6 Å². The first-order valence-corrected chi connectivity index (χ1v) is 6.44. The Bertz CT molecular complexity index is 411. The molecular formula is C14H19ClFN. The average molecular weight is 256 g/mol. The molecule has 0 bridgehead atoms. The molecule has 0 heterocycles. The van der Waals surface area contributed by atoms with Crippen LogP contribution in [0.2, 0.25) is 5.02 Å². The first-order valence-electron chi connectivity index (χ1n) is 6.07. The van der Waals surface area contributed by atoms with Crippen molar-refractivity contribution in [1.29, 1.82) is 0 Å². The van der Waals surface area contributed by atoms with E-state index in [2.05, 4.69) is 26.1 Å². The highest BCUT2D eigenvalue weighted by Gasteiger charge is 2.40. The summed E-state index contributed by atoms with van der Waals surface area (Å²) in [4.78, 5) is 0. The minimum absolute atomic E-state index is 0.125. The van der Waals surface area contributed by atoms with E-state index in [-0.39, 0.29) is 11.4 Å². The third kappa shape index (κ3) is 3.43. The SMILES string of the molecule is CC(C)(C)NCC1CC1c1cc(Cl)ccc1F. The standard InChI is InChI=1S/C14H19ClFN/c1-14(2,3)17-8-9-6-11(9)12-7-10(15)4-5-13(12)16/h4-5,7,9,11,17H,6,8H2,1-3H3. The van der Waals surface area contributed by atoms with E-state index in [1.54, 1.807) is 12.1 Å². The van der Waals surface area contributed by atoms with Crippen LogP contribution in [-0.2, 0) is 0 Å². The summed E-state index contributed by atoms with van der Waals surface area (Å²) in [5, 5.41) is 4.08. The van der Waals surface area contributed by atoms with Crippen LogP contribution in [0.15, 0.2) is 18.2 Å². The predicted molar refractivity (Wildman–Crippen MR) is 70.0 cm³/mol. The van der Waals surface area contributed by atoms with Crippen molar-refractivity contribution >= 4 is 11.6 Å². The fraction of sp³-hybridized carbons (Fsp3) is 0.571. The van der Waals surface area contributed by atoms with Gasteiger partial charge in [0.1, 0.15) is 5.82 Å². The van der Waals surface area contributed by atoms with Gasteiger partial charge in [-0.3, -0.25) is 0 Å². The zero-order valence-corrected chi connectivity index (χ0v) is 11.3. The molecule has 1 aliphatic rings. The van der Waals surface area contributed by atoms with Gasteiger partial charge in [0.15, 0.2) is 0 Å². The van der Waals surface area contributed by atoms with Gasteiger partial charge in [0.05, 0.1) is 0 Å². The molecule has 2 rings (SSSR count). The van der Waals surface area contributed by atoms with Gasteiger partial charge in [-0.1, -0.05) is 11.6 Å². The highest BCUT2D eigenvalue weighted by atomic mass is 35.5. The van der Waals surface area contributed by atoms with Crippen molar-refractivity contribution in [3.8, 4) is 0 Å². The van der Waals surface area contributed by atoms with Gasteiger partial charge >= 0.3 is 0 Å². The van der Waals surface area contributed by atoms with E-state index in [9.17, 15) is 4.39 Å². The number of rotatable bonds is 3. The van der Waals surface area contributed by atoms with Crippen LogP contribution in [0.3, 0.4) is 0 Å². The lowest BCUT2D eigenvalue weighted by atomic mass is 10.1. The first-order chi connectivity index (χ1) is 7.87. The van der Waals surface area contributed by atoms with Crippen molar-refractivity contribution < 1.29 is 4.39 Å². The van der Waals surface area contributed by atoms with Crippen molar-refractivity contribution in [1.82, 2.24) is 5.32 Å². The molecular weight excluding hydrogens is 237 g/mol. The van der Waals surface area contributed by atoms with Crippen molar-refractivity contribution in [2.45, 2.75) is 38.6 Å². The summed E-state index contributed by atoms with van der Waals surface area (Å²) in [6.07, 6.45) is 1.06. The van der Waals surface area contributed by atoms with Crippen LogP contribution < -0.4 is 5.32 Å². The third-order valence-electron chi connectivity index (χ3n) is 3.17. The average Bonchev–Trinajstić information content (AvgIpc) is 2.97. The largest absolute Gasteiger partial charge is 0.312 e. The summed E-state index contributed by atoms with van der Waals surface area (Å²) in [5.74, 6) is 0.753. The van der Waals surface area contributed by atoms with Crippen LogP contribution in [0, 0.1) is 11.7 Å². The molecule has 0 amide bonds. The molecule has 0 radical (unpaired) electrons. The van der Waals surface area contributed by atoms with Gasteiger partial charge in [-0.05, 0) is 69.3 Å². The van der Waals surface area contributed by atoms with Crippen molar-refractivity contribution in [3.63, 3.8) is 0 Å². The van der Waals surface area contributed by atoms with Crippen LogP contribution in [0.25, 0.3) is 0 Å². The minimum atomic E-state index is -0.127. The van der Waals surface area contributed by atoms with Gasteiger partial charge in [0.2, 0.25) is 0 Å². The second kappa shape index (κ2) is 4.58. The molecule has 0 saturated heterocycles. The van der Waals surface area contributed by atoms with E-state index in [0.717, 1.165) is 18.5 Å². The van der Waals surface area contributed by atoms with E-state index < -0.39 is 0 Å². The molecule has 2 unspecified atom stereocenters. The smallest absolute Gasteiger partial charge is 0.126 e. The second-order valence-corrected chi connectivity index (χ2v) is 6.34. The second-order valence-electron chi connectivity index (χ2n) is 5.90. The fourth-order valence-corrected chi connectivity index (χ4v) is 2.27. The molecule has 2 atom stereocenters. The molecule has 1 saturated carbocycles. The van der Waals surface area contributed by atoms with Crippen molar-refractivity contribution in [2.24, 2.45) is 5.92 Å². The number of halogens is 2. The van der Waals surface area contributed by atoms with E-state index >= 15 is 0 Å². The Morgan fingerprint density at radius 1 is 1.41 bits per heavy atom. The third-order valence-corrected chi connectivity index (χ3v) is 3.41. The lowest BCUT2D eigenvalue weighted by Gasteiger charge is -2.20. The van der Waals surface area contributed by atoms with Gasteiger partial charge in [0, 0.05) is 10.6 Å². The Balaban J connectivity index is 1.96. The zero-order chi connectivity index (χ0) is 12.6. The normalized spacial score (nSPS) is 23.8. The molecule has 0 aliphatic heterocycles. The summed E-state index contributed by atoms with van der Waals surface area (Å²) in [6.45, 7) is 7.37. The van der Waals surface area contributed by atoms with E-state index in [4.69, 9.17) is 11.6 Å². The number of hydrogen-bond donors (Lipinski definition) is 1. The number of nitrogens with one attached hydrogen (secondary N) is 1. The van der Waals surface area contributed by atoms with Crippen molar-refractivity contribution in [3.05, 3.63) is 34.6 Å². The Labute approximate surface area is 107 Å². The lowest BCUT2D eigenvalue weighted by Crippen LogP contribution is -2.37. The van der Waals surface area contributed by atoms with E-state index in [1.807, 2.05) is 0 Å². The molecule has 1 fully saturated rings. The van der Waals surface area contributed by atoms with Gasteiger partial charge in [-0.2, -0.15) is 0 Å². The summed E-state index contributed by atoms with van der Waals surface area (Å²) in [5.41, 5.74) is 0.901. The molecule has 1 aromatic carbocycles. The van der Waals surface area contributed by atoms with Gasteiger partial charge in [0.25, 0.3) is 0 Å². The Morgan fingerprint density at radius 2 is 2.12 bits per heavy atom. The number of hydrogen-bond acceptors (Lipinski definition) is 1. The fourth-order valence-electron chi connectivity index (χ4n) is 2.09. The molecule has 1 N–H and O–H groups in total. The molecule has 1 aliphatic carbocycles. The number of benzene rings is 1. The topological polar surface area (TPSA) is 12.0 Å². The van der Waals surface area contributed by atoms with E-state index in [0.29, 0.717) is 16.9 Å². The maximum atomic E-state index is 13.6. The highest BCUT2D eigenvalue weighted by molar-refractivity contribution is 6.30. The molecule has 17 heavy (non-hydrogen) atoms. The maximum absolute atomic E-state index is 13.6. The van der Waals surface area contributed by atoms with Crippen LogP contribution in [0.5, 0.6) is 0 Å². The lowest BCUT2D eigenvalue weighted by molar-refractivity contribution is 0.413. The van der Waals surface area contributed by atoms with Gasteiger partial charge in [-0.25, -0.2) is 4.39 Å². The monoisotopic (exact) mass is 255 g/mol. The Morgan fingerprint density at radius 3 is 2.76 bits per heavy atom. The van der Waals surface area contributed by atoms with Crippen LogP contribution in [0.4, 0.5) is 4.39 Å². The van der Waals surface area contributed by atoms with E-state index in [1.165, 1.54) is 6.07 Å². The van der Waals surface area contributed by atoms with Crippen molar-refractivity contribution in [2.75, 3.05) is 6.54 Å². The maximum Gasteiger partial charge on any atom is 0.126 e. The summed E-state index contributed by atoms with van der Waals surface area (Å²) in [7, 11) is 0.